The summed E-state index contributed by atoms with van der Waals surface area (Å²) in [6.07, 6.45) is 4.36. The minimum absolute atomic E-state index is 0.0534. The van der Waals surface area contributed by atoms with Crippen LogP contribution in [-0.4, -0.2) is 23.7 Å². The summed E-state index contributed by atoms with van der Waals surface area (Å²) in [6.45, 7) is 4.25. The van der Waals surface area contributed by atoms with Crippen LogP contribution in [0.2, 0.25) is 0 Å². The maximum absolute atomic E-state index is 11.2. The van der Waals surface area contributed by atoms with Gasteiger partial charge in [-0.3, -0.25) is 4.79 Å². The molecule has 1 amide bonds. The third-order valence-corrected chi connectivity index (χ3v) is 1.96. The van der Waals surface area contributed by atoms with Crippen LogP contribution in [0, 0.1) is 0 Å². The van der Waals surface area contributed by atoms with Gasteiger partial charge in [-0.2, -0.15) is 0 Å². The SMILES string of the molecule is CCCCC(C)NC(=O)CCCO. The Bertz CT molecular complexity index is 137. The number of hydrogen-bond donors (Lipinski definition) is 2. The van der Waals surface area contributed by atoms with E-state index in [9.17, 15) is 4.79 Å². The van der Waals surface area contributed by atoms with Gasteiger partial charge in [0.1, 0.15) is 0 Å². The summed E-state index contributed by atoms with van der Waals surface area (Å²) in [7, 11) is 0. The van der Waals surface area contributed by atoms with E-state index in [-0.39, 0.29) is 18.6 Å². The van der Waals surface area contributed by atoms with Crippen LogP contribution in [0.3, 0.4) is 0 Å². The highest BCUT2D eigenvalue weighted by molar-refractivity contribution is 5.76. The maximum Gasteiger partial charge on any atom is 0.220 e. The van der Waals surface area contributed by atoms with Gasteiger partial charge in [-0.05, 0) is 19.8 Å². The number of aliphatic hydroxyl groups excluding tert-OH is 1. The Morgan fingerprint density at radius 3 is 2.69 bits per heavy atom. The van der Waals surface area contributed by atoms with Gasteiger partial charge in [0.2, 0.25) is 5.91 Å². The van der Waals surface area contributed by atoms with Crippen molar-refractivity contribution in [3.05, 3.63) is 0 Å². The van der Waals surface area contributed by atoms with Crippen LogP contribution in [0.4, 0.5) is 0 Å². The number of carbonyl (C=O) groups is 1. The third-order valence-electron chi connectivity index (χ3n) is 1.96. The molecule has 0 rings (SSSR count). The van der Waals surface area contributed by atoms with Gasteiger partial charge in [0.15, 0.2) is 0 Å². The fourth-order valence-electron chi connectivity index (χ4n) is 1.17. The number of unbranched alkanes of at least 4 members (excludes halogenated alkanes) is 1. The summed E-state index contributed by atoms with van der Waals surface area (Å²) >= 11 is 0. The van der Waals surface area contributed by atoms with Crippen LogP contribution in [-0.2, 0) is 4.79 Å². The molecule has 2 N–H and O–H groups in total. The van der Waals surface area contributed by atoms with Crippen LogP contribution in [0.1, 0.15) is 46.0 Å². The Hall–Kier alpha value is -0.570. The standard InChI is InChI=1S/C10H21NO2/c1-3-4-6-9(2)11-10(13)7-5-8-12/h9,12H,3-8H2,1-2H3,(H,11,13). The molecule has 0 aliphatic rings. The average Bonchev–Trinajstić information content (AvgIpc) is 2.11. The molecule has 78 valence electrons. The number of carbonyl (C=O) groups excluding carboxylic acids is 1. The molecule has 13 heavy (non-hydrogen) atoms. The zero-order chi connectivity index (χ0) is 10.1. The molecular weight excluding hydrogens is 166 g/mol. The molecule has 0 bridgehead atoms. The van der Waals surface area contributed by atoms with Crippen molar-refractivity contribution in [3.63, 3.8) is 0 Å². The Labute approximate surface area is 80.5 Å². The Morgan fingerprint density at radius 2 is 2.15 bits per heavy atom. The lowest BCUT2D eigenvalue weighted by Crippen LogP contribution is -2.32. The van der Waals surface area contributed by atoms with E-state index in [1.165, 1.54) is 0 Å². The van der Waals surface area contributed by atoms with E-state index in [0.717, 1.165) is 19.3 Å². The molecule has 1 unspecified atom stereocenters. The van der Waals surface area contributed by atoms with E-state index >= 15 is 0 Å². The number of hydrogen-bond acceptors (Lipinski definition) is 2. The summed E-state index contributed by atoms with van der Waals surface area (Å²) in [5.41, 5.74) is 0. The van der Waals surface area contributed by atoms with Gasteiger partial charge in [-0.1, -0.05) is 19.8 Å². The second-order valence-electron chi connectivity index (χ2n) is 3.44. The van der Waals surface area contributed by atoms with Crippen LogP contribution in [0.5, 0.6) is 0 Å². The molecule has 0 aromatic carbocycles. The summed E-state index contributed by atoms with van der Waals surface area (Å²) in [5.74, 6) is 0.0534. The first-order valence-corrected chi connectivity index (χ1v) is 5.11. The predicted molar refractivity (Wildman–Crippen MR) is 53.4 cm³/mol. The zero-order valence-electron chi connectivity index (χ0n) is 8.68. The quantitative estimate of drug-likeness (QED) is 0.634. The van der Waals surface area contributed by atoms with Gasteiger partial charge in [0, 0.05) is 19.1 Å². The fourth-order valence-corrected chi connectivity index (χ4v) is 1.17. The zero-order valence-corrected chi connectivity index (χ0v) is 8.68. The van der Waals surface area contributed by atoms with Gasteiger partial charge in [0.25, 0.3) is 0 Å². The number of rotatable bonds is 7. The van der Waals surface area contributed by atoms with E-state index in [1.54, 1.807) is 0 Å². The van der Waals surface area contributed by atoms with Gasteiger partial charge >= 0.3 is 0 Å². The lowest BCUT2D eigenvalue weighted by Gasteiger charge is -2.12. The normalized spacial score (nSPS) is 12.5. The van der Waals surface area contributed by atoms with Gasteiger partial charge < -0.3 is 10.4 Å². The molecule has 0 spiro atoms. The first kappa shape index (κ1) is 12.4. The predicted octanol–water partition coefficient (Wildman–Crippen LogP) is 1.45. The fraction of sp³-hybridized carbons (Fsp3) is 0.900. The second-order valence-corrected chi connectivity index (χ2v) is 3.44. The van der Waals surface area contributed by atoms with E-state index < -0.39 is 0 Å². The van der Waals surface area contributed by atoms with E-state index in [2.05, 4.69) is 12.2 Å². The lowest BCUT2D eigenvalue weighted by atomic mass is 10.1. The molecule has 0 saturated heterocycles. The van der Waals surface area contributed by atoms with Crippen molar-refractivity contribution in [1.29, 1.82) is 0 Å². The van der Waals surface area contributed by atoms with Crippen molar-refractivity contribution in [3.8, 4) is 0 Å². The highest BCUT2D eigenvalue weighted by Crippen LogP contribution is 2.00. The topological polar surface area (TPSA) is 49.3 Å². The molecule has 0 heterocycles. The molecular formula is C10H21NO2. The van der Waals surface area contributed by atoms with Crippen LogP contribution in [0.25, 0.3) is 0 Å². The van der Waals surface area contributed by atoms with Crippen molar-refractivity contribution >= 4 is 5.91 Å². The average molecular weight is 187 g/mol. The van der Waals surface area contributed by atoms with Crippen molar-refractivity contribution < 1.29 is 9.90 Å². The molecule has 0 saturated carbocycles. The molecule has 0 aliphatic carbocycles. The first-order chi connectivity index (χ1) is 6.20. The largest absolute Gasteiger partial charge is 0.396 e. The molecule has 0 fully saturated rings. The smallest absolute Gasteiger partial charge is 0.220 e. The Morgan fingerprint density at radius 1 is 1.46 bits per heavy atom. The first-order valence-electron chi connectivity index (χ1n) is 5.11. The Balaban J connectivity index is 3.41. The van der Waals surface area contributed by atoms with Gasteiger partial charge in [-0.25, -0.2) is 0 Å². The number of aliphatic hydroxyl groups is 1. The van der Waals surface area contributed by atoms with Crippen molar-refractivity contribution in [1.82, 2.24) is 5.32 Å². The second kappa shape index (κ2) is 8.05. The summed E-state index contributed by atoms with van der Waals surface area (Å²) in [4.78, 5) is 11.2. The monoisotopic (exact) mass is 187 g/mol. The highest BCUT2D eigenvalue weighted by Gasteiger charge is 2.05. The van der Waals surface area contributed by atoms with Crippen LogP contribution >= 0.6 is 0 Å². The minimum Gasteiger partial charge on any atom is -0.396 e. The van der Waals surface area contributed by atoms with Crippen LogP contribution < -0.4 is 5.32 Å². The summed E-state index contributed by atoms with van der Waals surface area (Å²) < 4.78 is 0. The molecule has 1 atom stereocenters. The molecule has 0 aromatic rings. The summed E-state index contributed by atoms with van der Waals surface area (Å²) in [6, 6.07) is 0.270. The van der Waals surface area contributed by atoms with E-state index in [0.29, 0.717) is 12.8 Å². The lowest BCUT2D eigenvalue weighted by molar-refractivity contribution is -0.122. The molecule has 0 radical (unpaired) electrons. The molecule has 0 aliphatic heterocycles. The maximum atomic E-state index is 11.2. The molecule has 3 heteroatoms. The third kappa shape index (κ3) is 7.78. The van der Waals surface area contributed by atoms with Crippen molar-refractivity contribution in [2.24, 2.45) is 0 Å². The summed E-state index contributed by atoms with van der Waals surface area (Å²) in [5, 5.41) is 11.4. The highest BCUT2D eigenvalue weighted by atomic mass is 16.3. The molecule has 3 nitrogen and oxygen atoms in total. The van der Waals surface area contributed by atoms with Crippen LogP contribution in [0.15, 0.2) is 0 Å². The van der Waals surface area contributed by atoms with Gasteiger partial charge in [-0.15, -0.1) is 0 Å². The number of nitrogens with one attached hydrogen (secondary N) is 1. The Kier molecular flexibility index (Phi) is 7.69. The van der Waals surface area contributed by atoms with E-state index in [4.69, 9.17) is 5.11 Å². The molecule has 0 aromatic heterocycles. The van der Waals surface area contributed by atoms with Crippen molar-refractivity contribution in [2.75, 3.05) is 6.61 Å². The minimum atomic E-state index is 0.0534. The van der Waals surface area contributed by atoms with Crippen molar-refractivity contribution in [2.45, 2.75) is 52.0 Å². The number of amides is 1. The van der Waals surface area contributed by atoms with Gasteiger partial charge in [0.05, 0.1) is 0 Å². The van der Waals surface area contributed by atoms with E-state index in [1.807, 2.05) is 6.92 Å².